The van der Waals surface area contributed by atoms with Crippen LogP contribution in [0.5, 0.6) is 0 Å². The summed E-state index contributed by atoms with van der Waals surface area (Å²) in [7, 11) is 0. The zero-order chi connectivity index (χ0) is 23.9. The number of rotatable bonds is 6. The van der Waals surface area contributed by atoms with E-state index in [9.17, 15) is 14.0 Å². The van der Waals surface area contributed by atoms with Gasteiger partial charge in [0.25, 0.3) is 0 Å². The number of nitrogens with zero attached hydrogens (tertiary/aromatic N) is 3. The minimum absolute atomic E-state index is 0.0916. The predicted molar refractivity (Wildman–Crippen MR) is 130 cm³/mol. The van der Waals surface area contributed by atoms with Gasteiger partial charge in [0.1, 0.15) is 11.6 Å². The van der Waals surface area contributed by atoms with Gasteiger partial charge in [0.15, 0.2) is 0 Å². The molecule has 1 unspecified atom stereocenters. The molecule has 4 rings (SSSR count). The van der Waals surface area contributed by atoms with E-state index in [1.807, 2.05) is 17.9 Å². The Hall–Kier alpha value is -3.36. The zero-order valence-electron chi connectivity index (χ0n) is 19.6. The van der Waals surface area contributed by atoms with Crippen LogP contribution in [-0.4, -0.2) is 54.7 Å². The second-order valence-corrected chi connectivity index (χ2v) is 9.13. The average Bonchev–Trinajstić information content (AvgIpc) is 3.36. The monoisotopic (exact) mass is 468 g/mol. The van der Waals surface area contributed by atoms with E-state index in [2.05, 4.69) is 31.9 Å². The maximum Gasteiger partial charge on any atom is 0.319 e. The van der Waals surface area contributed by atoms with Crippen LogP contribution < -0.4 is 20.9 Å². The van der Waals surface area contributed by atoms with Gasteiger partial charge in [-0.25, -0.2) is 19.0 Å². The fourth-order valence-electron chi connectivity index (χ4n) is 4.62. The molecule has 2 saturated heterocycles. The Morgan fingerprint density at radius 3 is 2.71 bits per heavy atom. The molecule has 2 aliphatic rings. The first kappa shape index (κ1) is 23.8. The number of halogens is 1. The van der Waals surface area contributed by atoms with E-state index in [0.717, 1.165) is 43.0 Å². The van der Waals surface area contributed by atoms with Crippen molar-refractivity contribution in [2.75, 3.05) is 42.9 Å². The summed E-state index contributed by atoms with van der Waals surface area (Å²) in [6, 6.07) is 9.38. The third-order valence-electron chi connectivity index (χ3n) is 6.31. The minimum Gasteiger partial charge on any atom is -0.357 e. The molecule has 1 aromatic heterocycles. The molecule has 0 spiro atoms. The third kappa shape index (κ3) is 6.59. The second-order valence-electron chi connectivity index (χ2n) is 9.13. The molecular weight excluding hydrogens is 435 g/mol. The fraction of sp³-hybridized carbons (Fsp3) is 0.480. The van der Waals surface area contributed by atoms with Crippen LogP contribution in [0, 0.1) is 18.7 Å². The molecule has 3 N–H and O–H groups in total. The lowest BCUT2D eigenvalue weighted by Gasteiger charge is -2.33. The smallest absolute Gasteiger partial charge is 0.319 e. The number of amides is 4. The molecule has 1 aromatic carbocycles. The molecule has 4 amide bonds. The van der Waals surface area contributed by atoms with Crippen molar-refractivity contribution in [3.05, 3.63) is 53.5 Å². The molecule has 34 heavy (non-hydrogen) atoms. The van der Waals surface area contributed by atoms with Crippen molar-refractivity contribution >= 4 is 23.6 Å². The maximum absolute atomic E-state index is 13.3. The number of likely N-dealkylation sites (tertiary alicyclic amines) is 1. The first-order chi connectivity index (χ1) is 16.5. The number of urea groups is 2. The average molecular weight is 469 g/mol. The van der Waals surface area contributed by atoms with E-state index < -0.39 is 5.82 Å². The first-order valence-electron chi connectivity index (χ1n) is 12.0. The first-order valence-corrected chi connectivity index (χ1v) is 12.0. The lowest BCUT2D eigenvalue weighted by Crippen LogP contribution is -2.47. The summed E-state index contributed by atoms with van der Waals surface area (Å²) in [6.45, 7) is 6.24. The van der Waals surface area contributed by atoms with Crippen LogP contribution in [-0.2, 0) is 6.54 Å². The molecule has 9 heteroatoms. The number of pyridine rings is 1. The van der Waals surface area contributed by atoms with Crippen LogP contribution in [0.15, 0.2) is 36.4 Å². The molecule has 2 fully saturated rings. The highest BCUT2D eigenvalue weighted by Gasteiger charge is 2.24. The summed E-state index contributed by atoms with van der Waals surface area (Å²) >= 11 is 0. The summed E-state index contributed by atoms with van der Waals surface area (Å²) in [6.07, 6.45) is 4.21. The lowest BCUT2D eigenvalue weighted by atomic mass is 9.98. The number of nitrogens with one attached hydrogen (secondary N) is 3. The highest BCUT2D eigenvalue weighted by molar-refractivity contribution is 5.89. The Morgan fingerprint density at radius 2 is 1.91 bits per heavy atom. The summed E-state index contributed by atoms with van der Waals surface area (Å²) in [5, 5.41) is 8.51. The molecule has 1 atom stereocenters. The SMILES string of the molecule is Cc1cc(CNC(=O)N2CCCC(CNC(=O)Nc3cccc(F)c3)C2)cc(N2CCCC2)n1. The number of hydrogen-bond acceptors (Lipinski definition) is 4. The molecule has 2 aromatic rings. The largest absolute Gasteiger partial charge is 0.357 e. The number of hydrogen-bond donors (Lipinski definition) is 3. The van der Waals surface area contributed by atoms with Crippen molar-refractivity contribution in [2.45, 2.75) is 39.2 Å². The molecular formula is C25H33FN6O2. The van der Waals surface area contributed by atoms with Crippen LogP contribution in [0.3, 0.4) is 0 Å². The van der Waals surface area contributed by atoms with Gasteiger partial charge >= 0.3 is 12.1 Å². The van der Waals surface area contributed by atoms with E-state index >= 15 is 0 Å². The molecule has 0 aliphatic carbocycles. The van der Waals surface area contributed by atoms with Gasteiger partial charge in [-0.3, -0.25) is 0 Å². The van der Waals surface area contributed by atoms with Crippen LogP contribution in [0.2, 0.25) is 0 Å². The number of anilines is 2. The van der Waals surface area contributed by atoms with E-state index in [1.54, 1.807) is 12.1 Å². The van der Waals surface area contributed by atoms with Gasteiger partial charge in [-0.05, 0) is 74.4 Å². The van der Waals surface area contributed by atoms with Crippen molar-refractivity contribution in [3.63, 3.8) is 0 Å². The second kappa shape index (κ2) is 11.2. The summed E-state index contributed by atoms with van der Waals surface area (Å²) in [4.78, 5) is 33.7. The number of piperidine rings is 1. The van der Waals surface area contributed by atoms with Gasteiger partial charge < -0.3 is 25.8 Å². The molecule has 0 radical (unpaired) electrons. The minimum atomic E-state index is -0.402. The van der Waals surface area contributed by atoms with Gasteiger partial charge in [-0.1, -0.05) is 6.07 Å². The summed E-state index contributed by atoms with van der Waals surface area (Å²) < 4.78 is 13.3. The quantitative estimate of drug-likeness (QED) is 0.600. The van der Waals surface area contributed by atoms with Gasteiger partial charge in [0, 0.05) is 50.6 Å². The lowest BCUT2D eigenvalue weighted by molar-refractivity contribution is 0.164. The number of aromatic nitrogens is 1. The van der Waals surface area contributed by atoms with Crippen LogP contribution >= 0.6 is 0 Å². The van der Waals surface area contributed by atoms with E-state index in [-0.39, 0.29) is 18.0 Å². The summed E-state index contributed by atoms with van der Waals surface area (Å²) in [5.74, 6) is 0.756. The van der Waals surface area contributed by atoms with Gasteiger partial charge in [-0.2, -0.15) is 0 Å². The van der Waals surface area contributed by atoms with E-state index in [1.165, 1.54) is 25.0 Å². The van der Waals surface area contributed by atoms with E-state index in [4.69, 9.17) is 0 Å². The molecule has 0 saturated carbocycles. The highest BCUT2D eigenvalue weighted by atomic mass is 19.1. The molecule has 2 aliphatic heterocycles. The fourth-order valence-corrected chi connectivity index (χ4v) is 4.62. The Kier molecular flexibility index (Phi) is 7.82. The Bertz CT molecular complexity index is 1010. The van der Waals surface area contributed by atoms with Gasteiger partial charge in [-0.15, -0.1) is 0 Å². The van der Waals surface area contributed by atoms with Crippen LogP contribution in [0.25, 0.3) is 0 Å². The van der Waals surface area contributed by atoms with Crippen LogP contribution in [0.1, 0.15) is 36.9 Å². The molecule has 0 bridgehead atoms. The highest BCUT2D eigenvalue weighted by Crippen LogP contribution is 2.20. The molecule has 182 valence electrons. The van der Waals surface area contributed by atoms with Gasteiger partial charge in [0.2, 0.25) is 0 Å². The number of benzene rings is 1. The maximum atomic E-state index is 13.3. The Morgan fingerprint density at radius 1 is 1.09 bits per heavy atom. The van der Waals surface area contributed by atoms with Crippen molar-refractivity contribution < 1.29 is 14.0 Å². The third-order valence-corrected chi connectivity index (χ3v) is 6.31. The number of carbonyl (C=O) groups excluding carboxylic acids is 2. The van der Waals surface area contributed by atoms with E-state index in [0.29, 0.717) is 31.9 Å². The van der Waals surface area contributed by atoms with Crippen molar-refractivity contribution in [2.24, 2.45) is 5.92 Å². The number of carbonyl (C=O) groups is 2. The topological polar surface area (TPSA) is 89.6 Å². The van der Waals surface area contributed by atoms with Crippen molar-refractivity contribution in [1.82, 2.24) is 20.5 Å². The standard InChI is InChI=1S/C25H33FN6O2/c1-18-12-20(13-23(29-18)31-9-2-3-10-31)16-28-25(34)32-11-5-6-19(17-32)15-27-24(33)30-22-8-4-7-21(26)14-22/h4,7-8,12-14,19H,2-3,5-6,9-11,15-17H2,1H3,(H,28,34)(H2,27,30,33). The van der Waals surface area contributed by atoms with Gasteiger partial charge in [0.05, 0.1) is 0 Å². The Labute approximate surface area is 199 Å². The van der Waals surface area contributed by atoms with Crippen molar-refractivity contribution in [1.29, 1.82) is 0 Å². The zero-order valence-corrected chi connectivity index (χ0v) is 19.6. The summed E-state index contributed by atoms with van der Waals surface area (Å²) in [5.41, 5.74) is 2.41. The normalized spacial score (nSPS) is 18.0. The molecule has 8 nitrogen and oxygen atoms in total. The molecule has 3 heterocycles. The predicted octanol–water partition coefficient (Wildman–Crippen LogP) is 3.87. The Balaban J connectivity index is 1.23. The number of aryl methyl sites for hydroxylation is 1. The van der Waals surface area contributed by atoms with Crippen LogP contribution in [0.4, 0.5) is 25.5 Å². The van der Waals surface area contributed by atoms with Crippen molar-refractivity contribution in [3.8, 4) is 0 Å².